The highest BCUT2D eigenvalue weighted by Crippen LogP contribution is 2.30. The number of non-ortho nitro benzene ring substituents is 1. The van der Waals surface area contributed by atoms with Crippen LogP contribution >= 0.6 is 12.4 Å². The molecule has 0 radical (unpaired) electrons. The second-order valence-electron chi connectivity index (χ2n) is 5.37. The molecule has 1 unspecified atom stereocenters. The van der Waals surface area contributed by atoms with Crippen LogP contribution in [0.2, 0.25) is 0 Å². The first-order chi connectivity index (χ1) is 10.4. The zero-order valence-electron chi connectivity index (χ0n) is 13.2. The lowest BCUT2D eigenvalue weighted by Gasteiger charge is -2.24. The summed E-state index contributed by atoms with van der Waals surface area (Å²) in [6.45, 7) is 2.88. The van der Waals surface area contributed by atoms with Gasteiger partial charge in [-0.1, -0.05) is 13.0 Å². The zero-order chi connectivity index (χ0) is 16.3. The number of rotatable bonds is 6. The summed E-state index contributed by atoms with van der Waals surface area (Å²) in [6, 6.07) is 3.98. The number of halogens is 1. The Labute approximate surface area is 142 Å². The van der Waals surface area contributed by atoms with Crippen LogP contribution in [0.25, 0.3) is 0 Å². The van der Waals surface area contributed by atoms with E-state index in [1.54, 1.807) is 7.05 Å². The van der Waals surface area contributed by atoms with Crippen LogP contribution in [-0.4, -0.2) is 43.8 Å². The number of sulfonamides is 1. The third-order valence-electron chi connectivity index (χ3n) is 3.99. The molecule has 9 heteroatoms. The van der Waals surface area contributed by atoms with Gasteiger partial charge in [0.05, 0.1) is 9.82 Å². The molecule has 0 saturated carbocycles. The fourth-order valence-electron chi connectivity index (χ4n) is 2.88. The van der Waals surface area contributed by atoms with Gasteiger partial charge in [-0.15, -0.1) is 12.4 Å². The number of nitrogens with one attached hydrogen (secondary N) is 1. The maximum atomic E-state index is 12.9. The SMILES string of the molecule is CCc1ccc([N+](=O)[O-])cc1S(=O)(=O)N1CCCC1CNC.Cl. The summed E-state index contributed by atoms with van der Waals surface area (Å²) in [6.07, 6.45) is 2.12. The topological polar surface area (TPSA) is 92.5 Å². The molecule has 1 aromatic carbocycles. The molecule has 130 valence electrons. The molecule has 1 fully saturated rings. The van der Waals surface area contributed by atoms with Crippen molar-refractivity contribution in [1.29, 1.82) is 0 Å². The van der Waals surface area contributed by atoms with Gasteiger partial charge in [-0.2, -0.15) is 4.31 Å². The third kappa shape index (κ3) is 4.00. The van der Waals surface area contributed by atoms with E-state index in [2.05, 4.69) is 5.32 Å². The highest BCUT2D eigenvalue weighted by atomic mass is 35.5. The van der Waals surface area contributed by atoms with Gasteiger partial charge in [0.2, 0.25) is 10.0 Å². The van der Waals surface area contributed by atoms with E-state index in [9.17, 15) is 18.5 Å². The molecule has 1 aliphatic rings. The van der Waals surface area contributed by atoms with Crippen molar-refractivity contribution in [3.8, 4) is 0 Å². The minimum Gasteiger partial charge on any atom is -0.318 e. The van der Waals surface area contributed by atoms with Crippen LogP contribution in [0.15, 0.2) is 23.1 Å². The van der Waals surface area contributed by atoms with Gasteiger partial charge in [-0.3, -0.25) is 10.1 Å². The first-order valence-corrected chi connectivity index (χ1v) is 8.79. The molecular weight excluding hydrogens is 342 g/mol. The maximum Gasteiger partial charge on any atom is 0.270 e. The number of benzene rings is 1. The van der Waals surface area contributed by atoms with Gasteiger partial charge in [0.1, 0.15) is 0 Å². The molecule has 0 spiro atoms. The van der Waals surface area contributed by atoms with E-state index in [0.717, 1.165) is 12.8 Å². The predicted octanol–water partition coefficient (Wildman–Crippen LogP) is 1.95. The lowest BCUT2D eigenvalue weighted by Crippen LogP contribution is -2.41. The first-order valence-electron chi connectivity index (χ1n) is 7.35. The molecule has 0 aliphatic carbocycles. The minimum absolute atomic E-state index is 0. The fourth-order valence-corrected chi connectivity index (χ4v) is 4.89. The van der Waals surface area contributed by atoms with Crippen molar-refractivity contribution in [3.05, 3.63) is 33.9 Å². The molecule has 0 bridgehead atoms. The maximum absolute atomic E-state index is 12.9. The summed E-state index contributed by atoms with van der Waals surface area (Å²) < 4.78 is 27.4. The van der Waals surface area contributed by atoms with Gasteiger partial charge in [-0.05, 0) is 31.9 Å². The second kappa shape index (κ2) is 8.05. The standard InChI is InChI=1S/C14H21N3O4S.ClH/c1-3-11-6-7-12(17(18)19)9-14(11)22(20,21)16-8-4-5-13(16)10-15-2;/h6-7,9,13,15H,3-5,8,10H2,1-2H3;1H. The van der Waals surface area contributed by atoms with Crippen molar-refractivity contribution in [3.63, 3.8) is 0 Å². The summed E-state index contributed by atoms with van der Waals surface area (Å²) >= 11 is 0. The quantitative estimate of drug-likeness (QED) is 0.616. The van der Waals surface area contributed by atoms with Crippen LogP contribution < -0.4 is 5.32 Å². The Balaban J connectivity index is 0.00000264. The van der Waals surface area contributed by atoms with Crippen molar-refractivity contribution in [2.24, 2.45) is 0 Å². The number of hydrogen-bond acceptors (Lipinski definition) is 5. The predicted molar refractivity (Wildman–Crippen MR) is 90.6 cm³/mol. The van der Waals surface area contributed by atoms with Gasteiger partial charge in [0.25, 0.3) is 5.69 Å². The van der Waals surface area contributed by atoms with E-state index >= 15 is 0 Å². The van der Waals surface area contributed by atoms with Crippen molar-refractivity contribution in [2.45, 2.75) is 37.1 Å². The Morgan fingerprint density at radius 2 is 2.13 bits per heavy atom. The largest absolute Gasteiger partial charge is 0.318 e. The van der Waals surface area contributed by atoms with Gasteiger partial charge < -0.3 is 5.32 Å². The molecule has 2 rings (SSSR count). The number of nitrogens with zero attached hydrogens (tertiary/aromatic N) is 2. The lowest BCUT2D eigenvalue weighted by atomic mass is 10.1. The van der Waals surface area contributed by atoms with E-state index in [1.807, 2.05) is 6.92 Å². The molecular formula is C14H22ClN3O4S. The summed E-state index contributed by atoms with van der Waals surface area (Å²) in [4.78, 5) is 10.5. The molecule has 1 aliphatic heterocycles. The average molecular weight is 364 g/mol. The van der Waals surface area contributed by atoms with E-state index in [-0.39, 0.29) is 29.0 Å². The van der Waals surface area contributed by atoms with E-state index in [4.69, 9.17) is 0 Å². The number of nitro benzene ring substituents is 1. The van der Waals surface area contributed by atoms with Crippen molar-refractivity contribution in [2.75, 3.05) is 20.1 Å². The second-order valence-corrected chi connectivity index (χ2v) is 7.23. The molecule has 1 heterocycles. The molecule has 7 nitrogen and oxygen atoms in total. The Kier molecular flexibility index (Phi) is 6.94. The number of hydrogen-bond donors (Lipinski definition) is 1. The first kappa shape index (κ1) is 19.8. The Hall–Kier alpha value is -1.22. The highest BCUT2D eigenvalue weighted by Gasteiger charge is 2.36. The molecule has 23 heavy (non-hydrogen) atoms. The monoisotopic (exact) mass is 363 g/mol. The van der Waals surface area contributed by atoms with Crippen LogP contribution in [0.4, 0.5) is 5.69 Å². The normalized spacial score (nSPS) is 18.6. The molecule has 0 amide bonds. The minimum atomic E-state index is -3.72. The van der Waals surface area contributed by atoms with E-state index < -0.39 is 14.9 Å². The molecule has 1 atom stereocenters. The summed E-state index contributed by atoms with van der Waals surface area (Å²) in [5, 5.41) is 14.0. The fraction of sp³-hybridized carbons (Fsp3) is 0.571. The zero-order valence-corrected chi connectivity index (χ0v) is 14.8. The van der Waals surface area contributed by atoms with E-state index in [0.29, 0.717) is 25.1 Å². The number of likely N-dealkylation sites (N-methyl/N-ethyl adjacent to an activating group) is 1. The van der Waals surface area contributed by atoms with Crippen LogP contribution in [0.5, 0.6) is 0 Å². The Morgan fingerprint density at radius 1 is 1.43 bits per heavy atom. The summed E-state index contributed by atoms with van der Waals surface area (Å²) in [7, 11) is -1.93. The number of nitro groups is 1. The van der Waals surface area contributed by atoms with E-state index in [1.165, 1.54) is 22.5 Å². The third-order valence-corrected chi connectivity index (χ3v) is 6.03. The smallest absolute Gasteiger partial charge is 0.270 e. The van der Waals surface area contributed by atoms with Crippen LogP contribution in [-0.2, 0) is 16.4 Å². The molecule has 1 N–H and O–H groups in total. The van der Waals surface area contributed by atoms with Gasteiger partial charge in [0, 0.05) is 31.3 Å². The summed E-state index contributed by atoms with van der Waals surface area (Å²) in [5.41, 5.74) is 0.417. The molecule has 1 aromatic rings. The van der Waals surface area contributed by atoms with Gasteiger partial charge in [0.15, 0.2) is 0 Å². The van der Waals surface area contributed by atoms with Crippen molar-refractivity contribution < 1.29 is 13.3 Å². The van der Waals surface area contributed by atoms with Gasteiger partial charge in [-0.25, -0.2) is 8.42 Å². The van der Waals surface area contributed by atoms with Crippen LogP contribution in [0, 0.1) is 10.1 Å². The number of aryl methyl sites for hydroxylation is 1. The van der Waals surface area contributed by atoms with Crippen molar-refractivity contribution >= 4 is 28.1 Å². The van der Waals surface area contributed by atoms with Crippen molar-refractivity contribution in [1.82, 2.24) is 9.62 Å². The lowest BCUT2D eigenvalue weighted by molar-refractivity contribution is -0.385. The van der Waals surface area contributed by atoms with Crippen LogP contribution in [0.1, 0.15) is 25.3 Å². The van der Waals surface area contributed by atoms with Gasteiger partial charge >= 0.3 is 0 Å². The molecule has 0 aromatic heterocycles. The Bertz CT molecular complexity index is 666. The van der Waals surface area contributed by atoms with Crippen LogP contribution in [0.3, 0.4) is 0 Å². The summed E-state index contributed by atoms with van der Waals surface area (Å²) in [5.74, 6) is 0. The Morgan fingerprint density at radius 3 is 2.70 bits per heavy atom. The molecule has 1 saturated heterocycles. The average Bonchev–Trinajstić information content (AvgIpc) is 2.96. The highest BCUT2D eigenvalue weighted by molar-refractivity contribution is 7.89.